The predicted molar refractivity (Wildman–Crippen MR) is 85.5 cm³/mol. The summed E-state index contributed by atoms with van der Waals surface area (Å²) in [5.74, 6) is -0.326. The SMILES string of the molecule is CCOC(=O)CC1(C(N)C(=O)c2ccccc2)CCCCC1. The minimum atomic E-state index is -0.653. The van der Waals surface area contributed by atoms with Crippen LogP contribution in [0, 0.1) is 5.41 Å². The van der Waals surface area contributed by atoms with Gasteiger partial charge in [-0.3, -0.25) is 9.59 Å². The number of hydrogen-bond donors (Lipinski definition) is 1. The summed E-state index contributed by atoms with van der Waals surface area (Å²) >= 11 is 0. The Morgan fingerprint density at radius 1 is 1.18 bits per heavy atom. The second kappa shape index (κ2) is 7.54. The lowest BCUT2D eigenvalue weighted by Gasteiger charge is -2.40. The quantitative estimate of drug-likeness (QED) is 0.647. The molecule has 0 amide bonds. The van der Waals surface area contributed by atoms with E-state index >= 15 is 0 Å². The number of rotatable bonds is 6. The molecule has 1 saturated carbocycles. The van der Waals surface area contributed by atoms with E-state index in [1.165, 1.54) is 0 Å². The number of nitrogens with two attached hydrogens (primary N) is 1. The van der Waals surface area contributed by atoms with Crippen LogP contribution in [0.4, 0.5) is 0 Å². The average molecular weight is 303 g/mol. The Bertz CT molecular complexity index is 506. The Hall–Kier alpha value is -1.68. The third kappa shape index (κ3) is 3.74. The summed E-state index contributed by atoms with van der Waals surface area (Å²) < 4.78 is 5.10. The van der Waals surface area contributed by atoms with Crippen LogP contribution in [0.3, 0.4) is 0 Å². The van der Waals surface area contributed by atoms with Gasteiger partial charge in [-0.2, -0.15) is 0 Å². The van der Waals surface area contributed by atoms with E-state index in [9.17, 15) is 9.59 Å². The second-order valence-electron chi connectivity index (χ2n) is 6.11. The number of carbonyl (C=O) groups excluding carboxylic acids is 2. The van der Waals surface area contributed by atoms with Crippen LogP contribution >= 0.6 is 0 Å². The number of ether oxygens (including phenoxy) is 1. The van der Waals surface area contributed by atoms with E-state index in [1.807, 2.05) is 18.2 Å². The van der Waals surface area contributed by atoms with Crippen molar-refractivity contribution in [2.24, 2.45) is 11.1 Å². The molecule has 4 nitrogen and oxygen atoms in total. The molecule has 0 spiro atoms. The molecular weight excluding hydrogens is 278 g/mol. The van der Waals surface area contributed by atoms with Crippen LogP contribution in [-0.4, -0.2) is 24.4 Å². The highest BCUT2D eigenvalue weighted by Gasteiger charge is 2.43. The molecule has 0 saturated heterocycles. The van der Waals surface area contributed by atoms with E-state index in [-0.39, 0.29) is 18.2 Å². The first kappa shape index (κ1) is 16.7. The fourth-order valence-corrected chi connectivity index (χ4v) is 3.41. The first-order chi connectivity index (χ1) is 10.6. The maximum atomic E-state index is 12.7. The summed E-state index contributed by atoms with van der Waals surface area (Å²) in [4.78, 5) is 24.7. The zero-order valence-electron chi connectivity index (χ0n) is 13.2. The number of ketones is 1. The third-order valence-electron chi connectivity index (χ3n) is 4.65. The molecule has 0 heterocycles. The fourth-order valence-electron chi connectivity index (χ4n) is 3.41. The smallest absolute Gasteiger partial charge is 0.306 e. The fraction of sp³-hybridized carbons (Fsp3) is 0.556. The topological polar surface area (TPSA) is 69.4 Å². The number of Topliss-reactive ketones (excluding diaryl/α,β-unsaturated/α-hetero) is 1. The summed E-state index contributed by atoms with van der Waals surface area (Å²) in [5, 5.41) is 0. The summed E-state index contributed by atoms with van der Waals surface area (Å²) in [6, 6.07) is 8.45. The van der Waals surface area contributed by atoms with Gasteiger partial charge in [0.25, 0.3) is 0 Å². The van der Waals surface area contributed by atoms with E-state index in [4.69, 9.17) is 10.5 Å². The van der Waals surface area contributed by atoms with Crippen molar-refractivity contribution in [1.29, 1.82) is 0 Å². The molecule has 2 rings (SSSR count). The Balaban J connectivity index is 2.20. The lowest BCUT2D eigenvalue weighted by Crippen LogP contribution is -2.49. The highest BCUT2D eigenvalue weighted by molar-refractivity contribution is 6.00. The Kier molecular flexibility index (Phi) is 5.72. The molecule has 1 unspecified atom stereocenters. The molecule has 1 atom stereocenters. The molecule has 1 aliphatic carbocycles. The van der Waals surface area contributed by atoms with Crippen LogP contribution in [0.5, 0.6) is 0 Å². The van der Waals surface area contributed by atoms with Crippen molar-refractivity contribution >= 4 is 11.8 Å². The van der Waals surface area contributed by atoms with Gasteiger partial charge in [-0.15, -0.1) is 0 Å². The number of benzene rings is 1. The highest BCUT2D eigenvalue weighted by atomic mass is 16.5. The van der Waals surface area contributed by atoms with Crippen molar-refractivity contribution in [3.63, 3.8) is 0 Å². The minimum absolute atomic E-state index is 0.0770. The van der Waals surface area contributed by atoms with Crippen molar-refractivity contribution in [2.45, 2.75) is 51.5 Å². The molecule has 22 heavy (non-hydrogen) atoms. The normalized spacial score (nSPS) is 18.5. The van der Waals surface area contributed by atoms with Gasteiger partial charge >= 0.3 is 5.97 Å². The molecule has 0 radical (unpaired) electrons. The van der Waals surface area contributed by atoms with Crippen molar-refractivity contribution < 1.29 is 14.3 Å². The molecule has 1 aromatic carbocycles. The van der Waals surface area contributed by atoms with Crippen LogP contribution in [0.15, 0.2) is 30.3 Å². The first-order valence-corrected chi connectivity index (χ1v) is 8.09. The first-order valence-electron chi connectivity index (χ1n) is 8.09. The van der Waals surface area contributed by atoms with Crippen molar-refractivity contribution in [1.82, 2.24) is 0 Å². The molecule has 0 aromatic heterocycles. The predicted octanol–water partition coefficient (Wildman–Crippen LogP) is 3.10. The molecule has 0 bridgehead atoms. The van der Waals surface area contributed by atoms with Gasteiger partial charge in [0.15, 0.2) is 5.78 Å². The molecular formula is C18H25NO3. The Morgan fingerprint density at radius 2 is 1.82 bits per heavy atom. The zero-order valence-corrected chi connectivity index (χ0v) is 13.2. The van der Waals surface area contributed by atoms with Gasteiger partial charge in [0.05, 0.1) is 19.1 Å². The van der Waals surface area contributed by atoms with Crippen molar-refractivity contribution in [2.75, 3.05) is 6.61 Å². The van der Waals surface area contributed by atoms with Crippen LogP contribution < -0.4 is 5.73 Å². The Labute approximate surface area is 132 Å². The standard InChI is InChI=1S/C18H25NO3/c1-2-22-15(20)13-18(11-7-4-8-12-18)17(19)16(21)14-9-5-3-6-10-14/h3,5-6,9-10,17H,2,4,7-8,11-13,19H2,1H3. The van der Waals surface area contributed by atoms with E-state index in [0.717, 1.165) is 32.1 Å². The van der Waals surface area contributed by atoms with Crippen LogP contribution in [0.25, 0.3) is 0 Å². The van der Waals surface area contributed by atoms with Crippen LogP contribution in [-0.2, 0) is 9.53 Å². The number of esters is 1. The van der Waals surface area contributed by atoms with Crippen molar-refractivity contribution in [3.05, 3.63) is 35.9 Å². The van der Waals surface area contributed by atoms with E-state index in [2.05, 4.69) is 0 Å². The van der Waals surface area contributed by atoms with Gasteiger partial charge in [0.2, 0.25) is 0 Å². The van der Waals surface area contributed by atoms with E-state index in [0.29, 0.717) is 12.2 Å². The number of carbonyl (C=O) groups is 2. The van der Waals surface area contributed by atoms with E-state index in [1.54, 1.807) is 19.1 Å². The maximum Gasteiger partial charge on any atom is 0.306 e. The average Bonchev–Trinajstić information content (AvgIpc) is 2.55. The van der Waals surface area contributed by atoms with Gasteiger partial charge < -0.3 is 10.5 Å². The van der Waals surface area contributed by atoms with Gasteiger partial charge in [-0.05, 0) is 19.8 Å². The minimum Gasteiger partial charge on any atom is -0.466 e. The summed E-state index contributed by atoms with van der Waals surface area (Å²) in [6.45, 7) is 2.15. The van der Waals surface area contributed by atoms with E-state index < -0.39 is 11.5 Å². The van der Waals surface area contributed by atoms with Crippen LogP contribution in [0.1, 0.15) is 55.8 Å². The van der Waals surface area contributed by atoms with Crippen molar-refractivity contribution in [3.8, 4) is 0 Å². The lowest BCUT2D eigenvalue weighted by atomic mass is 9.65. The molecule has 0 aliphatic heterocycles. The molecule has 120 valence electrons. The molecule has 1 aliphatic rings. The summed E-state index contributed by atoms with van der Waals surface area (Å²) in [6.07, 6.45) is 5.01. The summed E-state index contributed by atoms with van der Waals surface area (Å²) in [5.41, 5.74) is 6.50. The van der Waals surface area contributed by atoms with Crippen LogP contribution in [0.2, 0.25) is 0 Å². The van der Waals surface area contributed by atoms with Gasteiger partial charge in [0, 0.05) is 11.0 Å². The molecule has 1 aromatic rings. The van der Waals surface area contributed by atoms with Gasteiger partial charge in [0.1, 0.15) is 0 Å². The third-order valence-corrected chi connectivity index (χ3v) is 4.65. The molecule has 1 fully saturated rings. The maximum absolute atomic E-state index is 12.7. The van der Waals surface area contributed by atoms with Gasteiger partial charge in [-0.1, -0.05) is 49.6 Å². The largest absolute Gasteiger partial charge is 0.466 e. The molecule has 2 N–H and O–H groups in total. The monoisotopic (exact) mass is 303 g/mol. The molecule has 4 heteroatoms. The highest BCUT2D eigenvalue weighted by Crippen LogP contribution is 2.42. The Morgan fingerprint density at radius 3 is 2.41 bits per heavy atom. The van der Waals surface area contributed by atoms with Gasteiger partial charge in [-0.25, -0.2) is 0 Å². The number of hydrogen-bond acceptors (Lipinski definition) is 4. The zero-order chi connectivity index (χ0) is 16.0. The lowest BCUT2D eigenvalue weighted by molar-refractivity contribution is -0.146. The summed E-state index contributed by atoms with van der Waals surface area (Å²) in [7, 11) is 0. The second-order valence-corrected chi connectivity index (χ2v) is 6.11.